The van der Waals surface area contributed by atoms with Gasteiger partial charge in [0.15, 0.2) is 0 Å². The van der Waals surface area contributed by atoms with E-state index in [4.69, 9.17) is 16.0 Å². The molecule has 0 atom stereocenters. The Morgan fingerprint density at radius 2 is 2.14 bits per heavy atom. The molecule has 46 valence electrons. The van der Waals surface area contributed by atoms with Crippen molar-refractivity contribution in [1.29, 1.82) is 0 Å². The van der Waals surface area contributed by atoms with Crippen molar-refractivity contribution in [2.75, 3.05) is 12.5 Å². The number of alkyl halides is 1. The van der Waals surface area contributed by atoms with Crippen LogP contribution >= 0.6 is 11.6 Å². The van der Waals surface area contributed by atoms with Crippen LogP contribution in [0.1, 0.15) is 6.42 Å². The van der Waals surface area contributed by atoms with Crippen molar-refractivity contribution in [2.24, 2.45) is 0 Å². The molecular formula is C3H13ClOSi2. The second-order valence-corrected chi connectivity index (χ2v) is 1.99. The Hall–Kier alpha value is 0.684. The third kappa shape index (κ3) is 10.8. The average Bonchev–Trinajstić information content (AvgIpc) is 1.61. The van der Waals surface area contributed by atoms with Crippen LogP contribution in [-0.4, -0.2) is 33.9 Å². The summed E-state index contributed by atoms with van der Waals surface area (Å²) in [4.78, 5) is 0. The van der Waals surface area contributed by atoms with Crippen molar-refractivity contribution in [1.82, 2.24) is 0 Å². The lowest BCUT2D eigenvalue weighted by Crippen LogP contribution is -1.88. The van der Waals surface area contributed by atoms with Gasteiger partial charge in [-0.2, -0.15) is 0 Å². The number of hydrogen-bond acceptors (Lipinski definition) is 1. The Bertz CT molecular complexity index is 24.9. The molecule has 0 saturated carbocycles. The Kier molecular flexibility index (Phi) is 14.9. The molecule has 0 bridgehead atoms. The first-order valence-electron chi connectivity index (χ1n) is 1.96. The highest BCUT2D eigenvalue weighted by Gasteiger charge is 1.75. The molecular weight excluding hydrogens is 144 g/mol. The predicted molar refractivity (Wildman–Crippen MR) is 42.6 cm³/mol. The van der Waals surface area contributed by atoms with E-state index in [9.17, 15) is 0 Å². The van der Waals surface area contributed by atoms with E-state index in [1.54, 1.807) is 0 Å². The molecule has 0 fully saturated rings. The lowest BCUT2D eigenvalue weighted by Gasteiger charge is -1.89. The van der Waals surface area contributed by atoms with Crippen LogP contribution in [0.3, 0.4) is 0 Å². The molecule has 0 aromatic rings. The molecule has 0 saturated heterocycles. The van der Waals surface area contributed by atoms with Gasteiger partial charge in [-0.05, 0) is 17.4 Å². The van der Waals surface area contributed by atoms with Crippen molar-refractivity contribution < 1.29 is 4.43 Å². The van der Waals surface area contributed by atoms with Crippen LogP contribution in [0.5, 0.6) is 0 Å². The van der Waals surface area contributed by atoms with Crippen molar-refractivity contribution in [2.45, 2.75) is 6.42 Å². The molecule has 1 nitrogen and oxygen atoms in total. The van der Waals surface area contributed by atoms with E-state index >= 15 is 0 Å². The molecule has 0 spiro atoms. The SMILES string of the molecule is [SiH3]OCCCCl.[SiH4]. The van der Waals surface area contributed by atoms with Crippen molar-refractivity contribution >= 4 is 33.1 Å². The van der Waals surface area contributed by atoms with Crippen molar-refractivity contribution in [3.05, 3.63) is 0 Å². The van der Waals surface area contributed by atoms with E-state index < -0.39 is 0 Å². The molecule has 0 unspecified atom stereocenters. The third-order valence-electron chi connectivity index (χ3n) is 0.482. The fraction of sp³-hybridized carbons (Fsp3) is 1.00. The molecule has 4 heteroatoms. The van der Waals surface area contributed by atoms with E-state index in [0.29, 0.717) is 0 Å². The third-order valence-corrected chi connectivity index (χ3v) is 1.16. The van der Waals surface area contributed by atoms with Gasteiger partial charge >= 0.3 is 0 Å². The first-order chi connectivity index (χ1) is 2.91. The fourth-order valence-electron chi connectivity index (χ4n) is 0.199. The van der Waals surface area contributed by atoms with Gasteiger partial charge < -0.3 is 4.43 Å². The molecule has 0 heterocycles. The van der Waals surface area contributed by atoms with Gasteiger partial charge in [0.1, 0.15) is 10.5 Å². The Labute approximate surface area is 57.0 Å². The zero-order valence-corrected chi connectivity index (χ0v) is 6.66. The molecule has 0 aliphatic heterocycles. The summed E-state index contributed by atoms with van der Waals surface area (Å²) in [5, 5.41) is 0. The maximum Gasteiger partial charge on any atom is 0.145 e. The maximum absolute atomic E-state index is 5.32. The molecule has 0 aromatic carbocycles. The van der Waals surface area contributed by atoms with Crippen molar-refractivity contribution in [3.8, 4) is 0 Å². The summed E-state index contributed by atoms with van der Waals surface area (Å²) in [5.41, 5.74) is 0. The van der Waals surface area contributed by atoms with Crippen LogP contribution < -0.4 is 0 Å². The summed E-state index contributed by atoms with van der Waals surface area (Å²) in [6.07, 6.45) is 0.991. The average molecular weight is 157 g/mol. The summed E-state index contributed by atoms with van der Waals surface area (Å²) in [6, 6.07) is 0. The first-order valence-corrected chi connectivity index (χ1v) is 3.32. The number of rotatable bonds is 3. The quantitative estimate of drug-likeness (QED) is 0.274. The van der Waals surface area contributed by atoms with Crippen LogP contribution in [-0.2, 0) is 4.43 Å². The van der Waals surface area contributed by atoms with Crippen molar-refractivity contribution in [3.63, 3.8) is 0 Å². The smallest absolute Gasteiger partial charge is 0.145 e. The highest BCUT2D eigenvalue weighted by atomic mass is 35.5. The van der Waals surface area contributed by atoms with Gasteiger partial charge in [0.05, 0.1) is 0 Å². The molecule has 0 amide bonds. The molecule has 0 radical (unpaired) electrons. The summed E-state index contributed by atoms with van der Waals surface area (Å²) >= 11 is 5.32. The normalized spacial score (nSPS) is 8.14. The highest BCUT2D eigenvalue weighted by molar-refractivity contribution is 6.17. The lowest BCUT2D eigenvalue weighted by atomic mass is 10.5. The van der Waals surface area contributed by atoms with E-state index in [2.05, 4.69) is 0 Å². The summed E-state index contributed by atoms with van der Waals surface area (Å²) < 4.78 is 4.84. The Morgan fingerprint density at radius 3 is 2.29 bits per heavy atom. The second kappa shape index (κ2) is 9.84. The van der Waals surface area contributed by atoms with Gasteiger partial charge in [-0.1, -0.05) is 0 Å². The Balaban J connectivity index is 0. The van der Waals surface area contributed by atoms with Gasteiger partial charge in [-0.25, -0.2) is 0 Å². The summed E-state index contributed by atoms with van der Waals surface area (Å²) in [6.45, 7) is 0.843. The number of hydrogen-bond donors (Lipinski definition) is 0. The van der Waals surface area contributed by atoms with E-state index in [1.807, 2.05) is 0 Å². The monoisotopic (exact) mass is 156 g/mol. The zero-order valence-electron chi connectivity index (χ0n) is 3.91. The van der Waals surface area contributed by atoms with Gasteiger partial charge in [0.2, 0.25) is 0 Å². The fourth-order valence-corrected chi connectivity index (χ4v) is 0.597. The Morgan fingerprint density at radius 1 is 1.57 bits per heavy atom. The molecule has 7 heavy (non-hydrogen) atoms. The molecule has 0 rings (SSSR count). The molecule has 0 aliphatic carbocycles. The van der Waals surface area contributed by atoms with Gasteiger partial charge in [0.25, 0.3) is 0 Å². The minimum atomic E-state index is 0. The second-order valence-electron chi connectivity index (χ2n) is 1.04. The van der Waals surface area contributed by atoms with Gasteiger partial charge in [0, 0.05) is 12.5 Å². The highest BCUT2D eigenvalue weighted by Crippen LogP contribution is 1.81. The topological polar surface area (TPSA) is 9.23 Å². The summed E-state index contributed by atoms with van der Waals surface area (Å²) in [5.74, 6) is 0.724. The lowest BCUT2D eigenvalue weighted by molar-refractivity contribution is 0.350. The molecule has 0 aromatic heterocycles. The van der Waals surface area contributed by atoms with Crippen LogP contribution in [0.25, 0.3) is 0 Å². The van der Waals surface area contributed by atoms with E-state index in [1.165, 1.54) is 0 Å². The summed E-state index contributed by atoms with van der Waals surface area (Å²) in [7, 11) is 0.845. The minimum Gasteiger partial charge on any atom is -0.428 e. The van der Waals surface area contributed by atoms with Crippen LogP contribution in [0.15, 0.2) is 0 Å². The van der Waals surface area contributed by atoms with Gasteiger partial charge in [-0.15, -0.1) is 11.6 Å². The zero-order chi connectivity index (χ0) is 4.83. The van der Waals surface area contributed by atoms with Crippen LogP contribution in [0.4, 0.5) is 0 Å². The van der Waals surface area contributed by atoms with E-state index in [-0.39, 0.29) is 11.0 Å². The molecule has 0 N–H and O–H groups in total. The first kappa shape index (κ1) is 10.6. The van der Waals surface area contributed by atoms with Crippen LogP contribution in [0, 0.1) is 0 Å². The van der Waals surface area contributed by atoms with Crippen LogP contribution in [0.2, 0.25) is 0 Å². The largest absolute Gasteiger partial charge is 0.428 e. The maximum atomic E-state index is 5.32. The van der Waals surface area contributed by atoms with Gasteiger partial charge in [-0.3, -0.25) is 0 Å². The standard InChI is InChI=1S/C3H9ClOSi.H4Si/c4-2-1-3-5-6;/h1-3H2,6H3;1H4. The minimum absolute atomic E-state index is 0. The molecule has 0 aliphatic rings. The van der Waals surface area contributed by atoms with E-state index in [0.717, 1.165) is 29.4 Å². The number of halogens is 1. The predicted octanol–water partition coefficient (Wildman–Crippen LogP) is -1.54.